The quantitative estimate of drug-likeness (QED) is 0.157. The van der Waals surface area contributed by atoms with Gasteiger partial charge in [0.05, 0.1) is 11.5 Å². The molecule has 0 heterocycles. The number of unbranched alkanes of at least 4 members (excludes halogenated alkanes) is 6. The number of carboxylic acids is 1. The van der Waals surface area contributed by atoms with Crippen molar-refractivity contribution < 1.29 is 33.4 Å². The molecular weight excluding hydrogens is 463 g/mol. The van der Waals surface area contributed by atoms with E-state index in [1.165, 1.54) is 37.1 Å². The molecule has 0 aromatic heterocycles. The van der Waals surface area contributed by atoms with Crippen molar-refractivity contribution in [3.63, 3.8) is 0 Å². The van der Waals surface area contributed by atoms with Crippen molar-refractivity contribution in [3.05, 3.63) is 59.4 Å². The zero-order valence-corrected chi connectivity index (χ0v) is 21.6. The molecule has 0 spiro atoms. The van der Waals surface area contributed by atoms with Gasteiger partial charge in [0.2, 0.25) is 5.60 Å². The van der Waals surface area contributed by atoms with E-state index in [0.29, 0.717) is 19.3 Å². The van der Waals surface area contributed by atoms with E-state index in [1.807, 2.05) is 13.8 Å². The van der Waals surface area contributed by atoms with Crippen LogP contribution in [0.3, 0.4) is 0 Å². The number of hydrogen-bond acceptors (Lipinski definition) is 5. The molecule has 2 rings (SSSR count). The summed E-state index contributed by atoms with van der Waals surface area (Å²) in [4.78, 5) is 37.4. The second-order valence-corrected chi connectivity index (χ2v) is 9.21. The van der Waals surface area contributed by atoms with E-state index in [0.717, 1.165) is 31.8 Å². The SMILES string of the molecule is CCCCCCCCCC(=O)OC1(c2ccccc2C(=O)OC(CC)CC)C=CC(C(=O)O)C=C1F. The van der Waals surface area contributed by atoms with Crippen molar-refractivity contribution in [2.24, 2.45) is 5.92 Å². The van der Waals surface area contributed by atoms with Crippen molar-refractivity contribution in [3.8, 4) is 0 Å². The van der Waals surface area contributed by atoms with Gasteiger partial charge in [-0.15, -0.1) is 0 Å². The minimum atomic E-state index is -2.03. The smallest absolute Gasteiger partial charge is 0.338 e. The number of carboxylic acid groups (broad SMARTS) is 1. The van der Waals surface area contributed by atoms with E-state index >= 15 is 4.39 Å². The van der Waals surface area contributed by atoms with E-state index in [-0.39, 0.29) is 23.7 Å². The Morgan fingerprint density at radius 2 is 1.64 bits per heavy atom. The summed E-state index contributed by atoms with van der Waals surface area (Å²) in [6, 6.07) is 6.23. The zero-order valence-electron chi connectivity index (χ0n) is 21.6. The average Bonchev–Trinajstić information content (AvgIpc) is 2.87. The fraction of sp³-hybridized carbons (Fsp3) is 0.552. The van der Waals surface area contributed by atoms with Crippen LogP contribution in [0.5, 0.6) is 0 Å². The lowest BCUT2D eigenvalue weighted by Gasteiger charge is -2.33. The van der Waals surface area contributed by atoms with Crippen molar-refractivity contribution in [1.82, 2.24) is 0 Å². The maximum Gasteiger partial charge on any atom is 0.338 e. The van der Waals surface area contributed by atoms with Gasteiger partial charge in [0.25, 0.3) is 0 Å². The first-order valence-electron chi connectivity index (χ1n) is 13.1. The maximum absolute atomic E-state index is 15.7. The van der Waals surface area contributed by atoms with Crippen molar-refractivity contribution in [2.45, 2.75) is 96.7 Å². The minimum Gasteiger partial charge on any atom is -0.481 e. The summed E-state index contributed by atoms with van der Waals surface area (Å²) in [6.45, 7) is 5.96. The van der Waals surface area contributed by atoms with Gasteiger partial charge in [0.1, 0.15) is 11.9 Å². The van der Waals surface area contributed by atoms with Crippen LogP contribution in [-0.4, -0.2) is 29.1 Å². The molecule has 198 valence electrons. The summed E-state index contributed by atoms with van der Waals surface area (Å²) >= 11 is 0. The standard InChI is InChI=1S/C29H39FO6/c1-4-7-8-9-10-11-12-17-26(31)36-29(19-18-21(27(32)33)20-25(29)30)24-16-14-13-15-23(24)28(34)35-22(5-2)6-3/h13-16,18-22H,4-12,17H2,1-3H3,(H,32,33). The third-order valence-electron chi connectivity index (χ3n) is 6.49. The number of rotatable bonds is 15. The first kappa shape index (κ1) is 29.3. The van der Waals surface area contributed by atoms with Crippen LogP contribution in [0.25, 0.3) is 0 Å². The molecule has 0 aliphatic heterocycles. The van der Waals surface area contributed by atoms with Crippen LogP contribution in [-0.2, 0) is 24.7 Å². The molecule has 1 N–H and O–H groups in total. The van der Waals surface area contributed by atoms with Gasteiger partial charge in [0, 0.05) is 12.0 Å². The fourth-order valence-electron chi connectivity index (χ4n) is 4.28. The molecule has 2 unspecified atom stereocenters. The van der Waals surface area contributed by atoms with Crippen molar-refractivity contribution in [2.75, 3.05) is 0 Å². The van der Waals surface area contributed by atoms with Gasteiger partial charge >= 0.3 is 17.9 Å². The predicted octanol–water partition coefficient (Wildman–Crippen LogP) is 7.04. The van der Waals surface area contributed by atoms with Crippen LogP contribution < -0.4 is 0 Å². The Labute approximate surface area is 213 Å². The van der Waals surface area contributed by atoms with E-state index in [9.17, 15) is 19.5 Å². The first-order valence-corrected chi connectivity index (χ1v) is 13.1. The second kappa shape index (κ2) is 14.6. The molecule has 2 atom stereocenters. The summed E-state index contributed by atoms with van der Waals surface area (Å²) < 4.78 is 27.0. The van der Waals surface area contributed by atoms with Gasteiger partial charge in [-0.05, 0) is 37.5 Å². The fourth-order valence-corrected chi connectivity index (χ4v) is 4.28. The highest BCUT2D eigenvalue weighted by atomic mass is 19.1. The zero-order chi connectivity index (χ0) is 26.6. The Hall–Kier alpha value is -2.96. The Balaban J connectivity index is 2.31. The van der Waals surface area contributed by atoms with Gasteiger partial charge < -0.3 is 14.6 Å². The first-order chi connectivity index (χ1) is 17.3. The number of benzene rings is 1. The van der Waals surface area contributed by atoms with Crippen molar-refractivity contribution >= 4 is 17.9 Å². The van der Waals surface area contributed by atoms with Gasteiger partial charge in [-0.3, -0.25) is 9.59 Å². The summed E-state index contributed by atoms with van der Waals surface area (Å²) in [5.74, 6) is -4.65. The minimum absolute atomic E-state index is 0.0649. The predicted molar refractivity (Wildman–Crippen MR) is 136 cm³/mol. The number of carbonyl (C=O) groups excluding carboxylic acids is 2. The van der Waals surface area contributed by atoms with Crippen LogP contribution in [0.15, 0.2) is 48.3 Å². The second-order valence-electron chi connectivity index (χ2n) is 9.21. The van der Waals surface area contributed by atoms with Gasteiger partial charge in [-0.25, -0.2) is 9.18 Å². The third kappa shape index (κ3) is 7.77. The monoisotopic (exact) mass is 502 g/mol. The molecule has 1 aliphatic carbocycles. The Morgan fingerprint density at radius 3 is 2.25 bits per heavy atom. The molecule has 1 aromatic carbocycles. The van der Waals surface area contributed by atoms with Crippen LogP contribution in [0.1, 0.15) is 101 Å². The topological polar surface area (TPSA) is 89.9 Å². The number of ether oxygens (including phenoxy) is 2. The molecule has 0 amide bonds. The lowest BCUT2D eigenvalue weighted by Crippen LogP contribution is -2.36. The van der Waals surface area contributed by atoms with Crippen LogP contribution >= 0.6 is 0 Å². The van der Waals surface area contributed by atoms with Crippen molar-refractivity contribution in [1.29, 1.82) is 0 Å². The lowest BCUT2D eigenvalue weighted by atomic mass is 9.82. The van der Waals surface area contributed by atoms with E-state index < -0.39 is 35.3 Å². The molecule has 1 aliphatic rings. The van der Waals surface area contributed by atoms with Crippen LogP contribution in [0.4, 0.5) is 4.39 Å². The Kier molecular flexibility index (Phi) is 11.8. The highest BCUT2D eigenvalue weighted by Crippen LogP contribution is 2.42. The summed E-state index contributed by atoms with van der Waals surface area (Å²) in [6.07, 6.45) is 11.6. The molecule has 0 saturated carbocycles. The van der Waals surface area contributed by atoms with Crippen LogP contribution in [0.2, 0.25) is 0 Å². The molecule has 7 heteroatoms. The summed E-state index contributed by atoms with van der Waals surface area (Å²) in [5.41, 5.74) is -1.87. The van der Waals surface area contributed by atoms with E-state index in [1.54, 1.807) is 12.1 Å². The molecule has 0 bridgehead atoms. The van der Waals surface area contributed by atoms with Crippen LogP contribution in [0, 0.1) is 5.92 Å². The number of halogens is 1. The Morgan fingerprint density at radius 1 is 1.00 bits per heavy atom. The van der Waals surface area contributed by atoms with Gasteiger partial charge in [0.15, 0.2) is 0 Å². The lowest BCUT2D eigenvalue weighted by molar-refractivity contribution is -0.155. The number of hydrogen-bond donors (Lipinski definition) is 1. The average molecular weight is 503 g/mol. The molecular formula is C29H39FO6. The van der Waals surface area contributed by atoms with Gasteiger partial charge in [-0.1, -0.05) is 83.6 Å². The summed E-state index contributed by atoms with van der Waals surface area (Å²) in [5, 5.41) is 9.35. The maximum atomic E-state index is 15.7. The number of aliphatic carboxylic acids is 1. The highest BCUT2D eigenvalue weighted by molar-refractivity contribution is 5.92. The highest BCUT2D eigenvalue weighted by Gasteiger charge is 2.44. The van der Waals surface area contributed by atoms with E-state index in [2.05, 4.69) is 6.92 Å². The molecule has 1 aromatic rings. The van der Waals surface area contributed by atoms with E-state index in [4.69, 9.17) is 9.47 Å². The normalized spacial score (nSPS) is 19.1. The largest absolute Gasteiger partial charge is 0.481 e. The molecule has 6 nitrogen and oxygen atoms in total. The third-order valence-corrected chi connectivity index (χ3v) is 6.49. The number of carbonyl (C=O) groups is 3. The van der Waals surface area contributed by atoms with Gasteiger partial charge in [-0.2, -0.15) is 0 Å². The molecule has 36 heavy (non-hydrogen) atoms. The molecule has 0 fully saturated rings. The molecule has 0 saturated heterocycles. The molecule has 0 radical (unpaired) electrons. The summed E-state index contributed by atoms with van der Waals surface area (Å²) in [7, 11) is 0. The Bertz CT molecular complexity index is 949. The number of esters is 2.